The van der Waals surface area contributed by atoms with E-state index in [4.69, 9.17) is 5.73 Å². The van der Waals surface area contributed by atoms with E-state index in [2.05, 4.69) is 4.74 Å². The summed E-state index contributed by atoms with van der Waals surface area (Å²) in [6, 6.07) is 5.01. The molecule has 0 aliphatic rings. The lowest BCUT2D eigenvalue weighted by Gasteiger charge is -2.03. The summed E-state index contributed by atoms with van der Waals surface area (Å²) in [5.74, 6) is 0.174. The number of thioether (sulfide) groups is 1. The molecule has 1 rings (SSSR count). The molecule has 0 fully saturated rings. The summed E-state index contributed by atoms with van der Waals surface area (Å²) in [5, 5.41) is 0.0717. The van der Waals surface area contributed by atoms with E-state index in [0.717, 1.165) is 5.56 Å². The van der Waals surface area contributed by atoms with Gasteiger partial charge in [-0.15, -0.1) is 0 Å². The van der Waals surface area contributed by atoms with Gasteiger partial charge in [0.05, 0.1) is 12.7 Å². The molecule has 5 heteroatoms. The minimum Gasteiger partial charge on any atom is -0.465 e. The first-order valence-corrected chi connectivity index (χ1v) is 6.30. The Morgan fingerprint density at radius 2 is 2.11 bits per heavy atom. The molecule has 1 aromatic rings. The van der Waals surface area contributed by atoms with Crippen molar-refractivity contribution in [1.82, 2.24) is 0 Å². The summed E-state index contributed by atoms with van der Waals surface area (Å²) < 4.78 is 4.64. The van der Waals surface area contributed by atoms with Crippen LogP contribution in [0.5, 0.6) is 0 Å². The van der Waals surface area contributed by atoms with Crippen LogP contribution in [0, 0.1) is 0 Å². The monoisotopic (exact) mass is 265 g/mol. The maximum Gasteiger partial charge on any atom is 0.337 e. The Morgan fingerprint density at radius 3 is 2.72 bits per heavy atom. The van der Waals surface area contributed by atoms with Crippen molar-refractivity contribution in [3.63, 3.8) is 0 Å². The molecular formula is C13H15NO3S. The topological polar surface area (TPSA) is 69.4 Å². The summed E-state index contributed by atoms with van der Waals surface area (Å²) in [7, 11) is 1.32. The summed E-state index contributed by atoms with van der Waals surface area (Å²) in [6.45, 7) is 1.52. The van der Waals surface area contributed by atoms with E-state index in [1.807, 2.05) is 12.2 Å². The number of anilines is 1. The minimum absolute atomic E-state index is 0.0717. The van der Waals surface area contributed by atoms with Crippen LogP contribution in [0.25, 0.3) is 6.08 Å². The van der Waals surface area contributed by atoms with Gasteiger partial charge < -0.3 is 10.5 Å². The van der Waals surface area contributed by atoms with Gasteiger partial charge in [0.25, 0.3) is 0 Å². The largest absolute Gasteiger partial charge is 0.465 e. The van der Waals surface area contributed by atoms with Crippen molar-refractivity contribution in [1.29, 1.82) is 0 Å². The van der Waals surface area contributed by atoms with Gasteiger partial charge >= 0.3 is 5.97 Å². The molecule has 1 aromatic carbocycles. The smallest absolute Gasteiger partial charge is 0.337 e. The molecule has 0 spiro atoms. The fourth-order valence-corrected chi connectivity index (χ4v) is 1.79. The molecule has 0 atom stereocenters. The fourth-order valence-electron chi connectivity index (χ4n) is 1.36. The number of esters is 1. The van der Waals surface area contributed by atoms with Gasteiger partial charge in [0.15, 0.2) is 5.12 Å². The van der Waals surface area contributed by atoms with Crippen LogP contribution in [0.2, 0.25) is 0 Å². The van der Waals surface area contributed by atoms with Crippen LogP contribution >= 0.6 is 11.8 Å². The van der Waals surface area contributed by atoms with Crippen molar-refractivity contribution in [3.8, 4) is 0 Å². The second kappa shape index (κ2) is 6.86. The third-order valence-corrected chi connectivity index (χ3v) is 2.86. The maximum atomic E-state index is 11.4. The maximum absolute atomic E-state index is 11.4. The van der Waals surface area contributed by atoms with E-state index in [-0.39, 0.29) is 5.12 Å². The summed E-state index contributed by atoms with van der Waals surface area (Å²) in [6.07, 6.45) is 3.67. The highest BCUT2D eigenvalue weighted by Crippen LogP contribution is 2.15. The third kappa shape index (κ3) is 4.63. The number of benzene rings is 1. The summed E-state index contributed by atoms with van der Waals surface area (Å²) in [5.41, 5.74) is 7.42. The second-order valence-electron chi connectivity index (χ2n) is 3.58. The number of nitrogens with two attached hydrogens (primary N) is 1. The van der Waals surface area contributed by atoms with Gasteiger partial charge in [-0.05, 0) is 23.8 Å². The summed E-state index contributed by atoms with van der Waals surface area (Å²) in [4.78, 5) is 22.1. The lowest BCUT2D eigenvalue weighted by molar-refractivity contribution is -0.109. The van der Waals surface area contributed by atoms with Crippen molar-refractivity contribution in [2.75, 3.05) is 18.6 Å². The van der Waals surface area contributed by atoms with E-state index in [1.54, 1.807) is 18.2 Å². The van der Waals surface area contributed by atoms with Crippen molar-refractivity contribution in [2.24, 2.45) is 0 Å². The van der Waals surface area contributed by atoms with Gasteiger partial charge in [-0.3, -0.25) is 4.79 Å². The number of hydrogen-bond donors (Lipinski definition) is 1. The number of rotatable bonds is 4. The quantitative estimate of drug-likeness (QED) is 0.668. The normalized spacial score (nSPS) is 10.6. The van der Waals surface area contributed by atoms with Crippen LogP contribution in [-0.2, 0) is 9.53 Å². The minimum atomic E-state index is -0.421. The molecule has 0 saturated heterocycles. The highest BCUT2D eigenvalue weighted by molar-refractivity contribution is 8.13. The molecule has 0 radical (unpaired) electrons. The first-order chi connectivity index (χ1) is 8.52. The lowest BCUT2D eigenvalue weighted by atomic mass is 10.1. The fraction of sp³-hybridized carbons (Fsp3) is 0.231. The average Bonchev–Trinajstić information content (AvgIpc) is 2.32. The Kier molecular flexibility index (Phi) is 5.45. The number of carbonyl (C=O) groups is 2. The van der Waals surface area contributed by atoms with Gasteiger partial charge in [-0.2, -0.15) is 0 Å². The second-order valence-corrected chi connectivity index (χ2v) is 4.78. The first kappa shape index (κ1) is 14.3. The molecule has 0 saturated carbocycles. The van der Waals surface area contributed by atoms with E-state index in [0.29, 0.717) is 17.0 Å². The van der Waals surface area contributed by atoms with Crippen molar-refractivity contribution < 1.29 is 14.3 Å². The van der Waals surface area contributed by atoms with Crippen molar-refractivity contribution >= 4 is 34.6 Å². The first-order valence-electron chi connectivity index (χ1n) is 5.31. The van der Waals surface area contributed by atoms with Crippen molar-refractivity contribution in [2.45, 2.75) is 6.92 Å². The Balaban J connectivity index is 2.80. The molecule has 0 amide bonds. The zero-order valence-electron chi connectivity index (χ0n) is 10.3. The lowest BCUT2D eigenvalue weighted by Crippen LogP contribution is -2.02. The van der Waals surface area contributed by atoms with Crippen LogP contribution in [0.1, 0.15) is 22.8 Å². The van der Waals surface area contributed by atoms with E-state index in [1.165, 1.54) is 25.8 Å². The number of hydrogen-bond acceptors (Lipinski definition) is 5. The van der Waals surface area contributed by atoms with Gasteiger partial charge in [0, 0.05) is 18.4 Å². The molecule has 0 bridgehead atoms. The molecule has 0 aliphatic carbocycles. The zero-order chi connectivity index (χ0) is 13.5. The van der Waals surface area contributed by atoms with Crippen molar-refractivity contribution in [3.05, 3.63) is 35.4 Å². The number of ether oxygens (including phenoxy) is 1. The Morgan fingerprint density at radius 1 is 1.39 bits per heavy atom. The van der Waals surface area contributed by atoms with Gasteiger partial charge in [0.2, 0.25) is 0 Å². The molecular weight excluding hydrogens is 250 g/mol. The van der Waals surface area contributed by atoms with E-state index < -0.39 is 5.97 Å². The van der Waals surface area contributed by atoms with Crippen LogP contribution in [0.15, 0.2) is 24.3 Å². The van der Waals surface area contributed by atoms with Gasteiger partial charge in [-0.25, -0.2) is 4.79 Å². The highest BCUT2D eigenvalue weighted by atomic mass is 32.2. The predicted octanol–water partition coefficient (Wildman–Crippen LogP) is 2.35. The molecule has 18 heavy (non-hydrogen) atoms. The Hall–Kier alpha value is -1.75. The molecule has 96 valence electrons. The molecule has 4 nitrogen and oxygen atoms in total. The SMILES string of the molecule is COC(=O)c1cc(N)cc(C=CCSC(C)=O)c1. The highest BCUT2D eigenvalue weighted by Gasteiger charge is 2.06. The van der Waals surface area contributed by atoms with Crippen LogP contribution < -0.4 is 5.73 Å². The summed E-state index contributed by atoms with van der Waals surface area (Å²) >= 11 is 1.22. The number of carbonyl (C=O) groups excluding carboxylic acids is 2. The Bertz CT molecular complexity index is 483. The molecule has 0 unspecified atom stereocenters. The number of nitrogen functional groups attached to an aromatic ring is 1. The van der Waals surface area contributed by atoms with Crippen LogP contribution in [0.4, 0.5) is 5.69 Å². The third-order valence-electron chi connectivity index (χ3n) is 2.09. The average molecular weight is 265 g/mol. The Labute approximate surface area is 110 Å². The molecule has 0 heterocycles. The standard InChI is InChI=1S/C13H15NO3S/c1-9(15)18-5-3-4-10-6-11(13(16)17-2)8-12(14)7-10/h3-4,6-8H,5,14H2,1-2H3. The number of methoxy groups -OCH3 is 1. The van der Waals surface area contributed by atoms with Crippen LogP contribution in [0.3, 0.4) is 0 Å². The van der Waals surface area contributed by atoms with Gasteiger partial charge in [0.1, 0.15) is 0 Å². The zero-order valence-corrected chi connectivity index (χ0v) is 11.1. The molecule has 2 N–H and O–H groups in total. The molecule has 0 aliphatic heterocycles. The van der Waals surface area contributed by atoms with Crippen LogP contribution in [-0.4, -0.2) is 23.9 Å². The van der Waals surface area contributed by atoms with E-state index in [9.17, 15) is 9.59 Å². The van der Waals surface area contributed by atoms with Gasteiger partial charge in [-0.1, -0.05) is 23.9 Å². The van der Waals surface area contributed by atoms with E-state index >= 15 is 0 Å². The molecule has 0 aromatic heterocycles. The predicted molar refractivity (Wildman–Crippen MR) is 74.4 cm³/mol.